The molecule has 1 atom stereocenters. The van der Waals surface area contributed by atoms with Crippen molar-refractivity contribution in [3.05, 3.63) is 64.6 Å². The fourth-order valence-electron chi connectivity index (χ4n) is 3.53. The van der Waals surface area contributed by atoms with E-state index in [9.17, 15) is 9.59 Å². The second kappa shape index (κ2) is 8.99. The van der Waals surface area contributed by atoms with Gasteiger partial charge < -0.3 is 10.1 Å². The molecule has 0 fully saturated rings. The van der Waals surface area contributed by atoms with Gasteiger partial charge in [-0.3, -0.25) is 13.9 Å². The number of para-hydroxylation sites is 2. The van der Waals surface area contributed by atoms with Gasteiger partial charge in [0, 0.05) is 19.5 Å². The molecule has 0 aliphatic carbocycles. The van der Waals surface area contributed by atoms with Crippen molar-refractivity contribution < 1.29 is 9.53 Å². The molecule has 154 valence electrons. The third kappa shape index (κ3) is 4.70. The van der Waals surface area contributed by atoms with Gasteiger partial charge in [-0.2, -0.15) is 0 Å². The van der Waals surface area contributed by atoms with Crippen LogP contribution in [-0.4, -0.2) is 21.1 Å². The average molecular weight is 396 g/mol. The molecule has 2 aromatic carbocycles. The van der Waals surface area contributed by atoms with Crippen LogP contribution in [0, 0.1) is 0 Å². The van der Waals surface area contributed by atoms with Crippen LogP contribution in [0.25, 0.3) is 11.0 Å². The van der Waals surface area contributed by atoms with Gasteiger partial charge in [0.05, 0.1) is 23.2 Å². The average Bonchev–Trinajstić information content (AvgIpc) is 2.96. The summed E-state index contributed by atoms with van der Waals surface area (Å²) in [5.74, 6) is 0.699. The Bertz CT molecular complexity index is 1050. The van der Waals surface area contributed by atoms with Crippen molar-refractivity contribution in [2.45, 2.75) is 59.4 Å². The molecule has 3 aromatic rings. The van der Waals surface area contributed by atoms with Crippen molar-refractivity contribution in [1.29, 1.82) is 0 Å². The van der Waals surface area contributed by atoms with Gasteiger partial charge in [-0.15, -0.1) is 0 Å². The van der Waals surface area contributed by atoms with Crippen molar-refractivity contribution >= 4 is 16.9 Å². The maximum absolute atomic E-state index is 12.7. The molecule has 6 heteroatoms. The molecular weight excluding hydrogens is 366 g/mol. The molecule has 0 radical (unpaired) electrons. The number of benzene rings is 2. The summed E-state index contributed by atoms with van der Waals surface area (Å²) in [5, 5.41) is 3.02. The van der Waals surface area contributed by atoms with Gasteiger partial charge in [0.15, 0.2) is 0 Å². The molecular formula is C23H29N3O3. The lowest BCUT2D eigenvalue weighted by Gasteiger charge is -2.16. The first kappa shape index (κ1) is 20.7. The molecule has 1 N–H and O–H groups in total. The Balaban J connectivity index is 1.67. The zero-order chi connectivity index (χ0) is 21.0. The molecule has 1 aromatic heterocycles. The minimum Gasteiger partial charge on any atom is -0.491 e. The summed E-state index contributed by atoms with van der Waals surface area (Å²) in [6.07, 6.45) is 0.336. The number of imidazole rings is 1. The van der Waals surface area contributed by atoms with E-state index in [1.54, 1.807) is 9.13 Å². The zero-order valence-corrected chi connectivity index (χ0v) is 17.5. The molecule has 1 unspecified atom stereocenters. The fourth-order valence-corrected chi connectivity index (χ4v) is 3.53. The van der Waals surface area contributed by atoms with Gasteiger partial charge in [0.2, 0.25) is 5.91 Å². The predicted octanol–water partition coefficient (Wildman–Crippen LogP) is 3.88. The Morgan fingerprint density at radius 2 is 1.72 bits per heavy atom. The molecule has 0 saturated heterocycles. The van der Waals surface area contributed by atoms with Gasteiger partial charge in [0.1, 0.15) is 5.75 Å². The standard InChI is InChI=1S/C23H29N3O3/c1-5-25-20-11-6-7-12-21(20)26(23(25)28)14-13-22(27)24-17(4)18-9-8-10-19(15-18)29-16(2)3/h6-12,15-17H,5,13-14H2,1-4H3,(H,24,27). The summed E-state index contributed by atoms with van der Waals surface area (Å²) >= 11 is 0. The van der Waals surface area contributed by atoms with Crippen molar-refractivity contribution in [2.75, 3.05) is 0 Å². The Hall–Kier alpha value is -3.02. The smallest absolute Gasteiger partial charge is 0.329 e. The van der Waals surface area contributed by atoms with E-state index in [0.717, 1.165) is 22.3 Å². The minimum absolute atomic E-state index is 0.0758. The number of aryl methyl sites for hydroxylation is 2. The Morgan fingerprint density at radius 1 is 1.03 bits per heavy atom. The van der Waals surface area contributed by atoms with Crippen LogP contribution in [0.1, 0.15) is 45.7 Å². The maximum Gasteiger partial charge on any atom is 0.329 e. The molecule has 3 rings (SSSR count). The molecule has 0 bridgehead atoms. The van der Waals surface area contributed by atoms with Gasteiger partial charge in [-0.25, -0.2) is 4.79 Å². The van der Waals surface area contributed by atoms with E-state index in [2.05, 4.69) is 5.32 Å². The third-order valence-corrected chi connectivity index (χ3v) is 4.91. The highest BCUT2D eigenvalue weighted by Crippen LogP contribution is 2.20. The Morgan fingerprint density at radius 3 is 2.38 bits per heavy atom. The number of ether oxygens (including phenoxy) is 1. The molecule has 0 aliphatic heterocycles. The number of carbonyl (C=O) groups excluding carboxylic acids is 1. The third-order valence-electron chi connectivity index (χ3n) is 4.91. The van der Waals surface area contributed by atoms with Crippen LogP contribution in [0.15, 0.2) is 53.3 Å². The number of rotatable bonds is 8. The van der Waals surface area contributed by atoms with Crippen molar-refractivity contribution in [2.24, 2.45) is 0 Å². The van der Waals surface area contributed by atoms with Crippen LogP contribution in [-0.2, 0) is 17.9 Å². The molecule has 1 heterocycles. The molecule has 29 heavy (non-hydrogen) atoms. The topological polar surface area (TPSA) is 65.3 Å². The molecule has 1 amide bonds. The van der Waals surface area contributed by atoms with Gasteiger partial charge in [-0.05, 0) is 57.5 Å². The van der Waals surface area contributed by atoms with E-state index in [1.165, 1.54) is 0 Å². The number of carbonyl (C=O) groups is 1. The normalized spacial score (nSPS) is 12.3. The quantitative estimate of drug-likeness (QED) is 0.630. The van der Waals surface area contributed by atoms with Crippen LogP contribution in [0.2, 0.25) is 0 Å². The van der Waals surface area contributed by atoms with Crippen LogP contribution < -0.4 is 15.7 Å². The largest absolute Gasteiger partial charge is 0.491 e. The van der Waals surface area contributed by atoms with Crippen molar-refractivity contribution in [3.8, 4) is 5.75 Å². The van der Waals surface area contributed by atoms with Crippen LogP contribution in [0.3, 0.4) is 0 Å². The number of nitrogens with one attached hydrogen (secondary N) is 1. The first-order valence-corrected chi connectivity index (χ1v) is 10.1. The number of aromatic nitrogens is 2. The van der Waals surface area contributed by atoms with Gasteiger partial charge in [-0.1, -0.05) is 24.3 Å². The number of nitrogens with zero attached hydrogens (tertiary/aromatic N) is 2. The van der Waals surface area contributed by atoms with Crippen LogP contribution in [0.4, 0.5) is 0 Å². The van der Waals surface area contributed by atoms with Crippen LogP contribution in [0.5, 0.6) is 5.75 Å². The van der Waals surface area contributed by atoms with E-state index in [-0.39, 0.29) is 30.2 Å². The molecule has 0 aliphatic rings. The van der Waals surface area contributed by atoms with Crippen LogP contribution >= 0.6 is 0 Å². The van der Waals surface area contributed by atoms with E-state index in [1.807, 2.05) is 76.2 Å². The lowest BCUT2D eigenvalue weighted by atomic mass is 10.1. The van der Waals surface area contributed by atoms with Gasteiger partial charge >= 0.3 is 5.69 Å². The first-order chi connectivity index (χ1) is 13.9. The summed E-state index contributed by atoms with van der Waals surface area (Å²) in [6.45, 7) is 8.81. The highest BCUT2D eigenvalue weighted by Gasteiger charge is 2.14. The van der Waals surface area contributed by atoms with E-state index in [0.29, 0.717) is 13.1 Å². The summed E-state index contributed by atoms with van der Waals surface area (Å²) in [6, 6.07) is 15.3. The summed E-state index contributed by atoms with van der Waals surface area (Å²) in [4.78, 5) is 25.2. The van der Waals surface area contributed by atoms with Gasteiger partial charge in [0.25, 0.3) is 0 Å². The zero-order valence-electron chi connectivity index (χ0n) is 17.5. The Kier molecular flexibility index (Phi) is 6.42. The summed E-state index contributed by atoms with van der Waals surface area (Å²) in [7, 11) is 0. The van der Waals surface area contributed by atoms with E-state index >= 15 is 0 Å². The minimum atomic E-state index is -0.146. The predicted molar refractivity (Wildman–Crippen MR) is 115 cm³/mol. The summed E-state index contributed by atoms with van der Waals surface area (Å²) in [5.41, 5.74) is 2.67. The highest BCUT2D eigenvalue weighted by atomic mass is 16.5. The lowest BCUT2D eigenvalue weighted by Crippen LogP contribution is -2.30. The second-order valence-electron chi connectivity index (χ2n) is 7.45. The fraction of sp³-hybridized carbons (Fsp3) is 0.391. The molecule has 6 nitrogen and oxygen atoms in total. The Labute approximate surface area is 171 Å². The first-order valence-electron chi connectivity index (χ1n) is 10.1. The molecule has 0 spiro atoms. The van der Waals surface area contributed by atoms with E-state index < -0.39 is 0 Å². The lowest BCUT2D eigenvalue weighted by molar-refractivity contribution is -0.121. The SMILES string of the molecule is CCn1c(=O)n(CCC(=O)NC(C)c2cccc(OC(C)C)c2)c2ccccc21. The number of amides is 1. The number of hydrogen-bond donors (Lipinski definition) is 1. The second-order valence-corrected chi connectivity index (χ2v) is 7.45. The van der Waals surface area contributed by atoms with E-state index in [4.69, 9.17) is 4.74 Å². The number of fused-ring (bicyclic) bond motifs is 1. The van der Waals surface area contributed by atoms with Crippen molar-refractivity contribution in [1.82, 2.24) is 14.5 Å². The number of hydrogen-bond acceptors (Lipinski definition) is 3. The molecule has 0 saturated carbocycles. The maximum atomic E-state index is 12.7. The summed E-state index contributed by atoms with van der Waals surface area (Å²) < 4.78 is 9.14. The monoisotopic (exact) mass is 395 g/mol. The van der Waals surface area contributed by atoms with Crippen molar-refractivity contribution in [3.63, 3.8) is 0 Å². The highest BCUT2D eigenvalue weighted by molar-refractivity contribution is 5.78.